The van der Waals surface area contributed by atoms with E-state index in [1.165, 1.54) is 0 Å². The Kier molecular flexibility index (Phi) is 4.90. The third-order valence-electron chi connectivity index (χ3n) is 3.15. The maximum absolute atomic E-state index is 11.8. The number of morpholine rings is 1. The van der Waals surface area contributed by atoms with Gasteiger partial charge in [0.1, 0.15) is 6.10 Å². The molecule has 1 aliphatic heterocycles. The summed E-state index contributed by atoms with van der Waals surface area (Å²) in [6.45, 7) is 4.13. The fourth-order valence-electron chi connectivity index (χ4n) is 1.95. The molecule has 3 N–H and O–H groups in total. The first-order valence-electron chi connectivity index (χ1n) is 6.54. The van der Waals surface area contributed by atoms with Crippen molar-refractivity contribution in [3.63, 3.8) is 0 Å². The molecule has 1 heterocycles. The zero-order chi connectivity index (χ0) is 13.7. The van der Waals surface area contributed by atoms with Crippen LogP contribution >= 0.6 is 0 Å². The van der Waals surface area contributed by atoms with E-state index in [1.807, 2.05) is 24.3 Å². The van der Waals surface area contributed by atoms with Crippen LogP contribution in [-0.2, 0) is 16.1 Å². The first-order chi connectivity index (χ1) is 9.16. The van der Waals surface area contributed by atoms with Crippen molar-refractivity contribution in [3.8, 4) is 0 Å². The number of ether oxygens (including phenoxy) is 1. The molecule has 1 aromatic carbocycles. The number of amides is 1. The van der Waals surface area contributed by atoms with E-state index in [9.17, 15) is 9.90 Å². The van der Waals surface area contributed by atoms with Crippen molar-refractivity contribution < 1.29 is 14.6 Å². The van der Waals surface area contributed by atoms with Crippen molar-refractivity contribution in [3.05, 3.63) is 35.4 Å². The molecule has 19 heavy (non-hydrogen) atoms. The van der Waals surface area contributed by atoms with Gasteiger partial charge in [0.05, 0.1) is 12.7 Å². The number of carbonyl (C=O) groups excluding carboxylic acids is 1. The second kappa shape index (κ2) is 6.65. The Morgan fingerprint density at radius 3 is 2.84 bits per heavy atom. The van der Waals surface area contributed by atoms with Crippen LogP contribution in [0.15, 0.2) is 24.3 Å². The molecule has 1 fully saturated rings. The molecule has 1 saturated heterocycles. The van der Waals surface area contributed by atoms with E-state index in [2.05, 4.69) is 10.6 Å². The van der Waals surface area contributed by atoms with E-state index in [0.717, 1.165) is 17.7 Å². The predicted octanol–water partition coefficient (Wildman–Crippen LogP) is 0.345. The van der Waals surface area contributed by atoms with E-state index in [4.69, 9.17) is 4.74 Å². The van der Waals surface area contributed by atoms with E-state index in [-0.39, 0.29) is 5.91 Å². The Balaban J connectivity index is 1.82. The number of aliphatic hydroxyl groups excluding tert-OH is 1. The summed E-state index contributed by atoms with van der Waals surface area (Å²) in [7, 11) is 0. The molecule has 0 aromatic heterocycles. The molecule has 5 nitrogen and oxygen atoms in total. The summed E-state index contributed by atoms with van der Waals surface area (Å²) in [6, 6.07) is 7.54. The summed E-state index contributed by atoms with van der Waals surface area (Å²) in [5.41, 5.74) is 1.87. The number of aliphatic hydroxyl groups is 1. The lowest BCUT2D eigenvalue weighted by atomic mass is 10.1. The highest BCUT2D eigenvalue weighted by molar-refractivity contribution is 5.81. The highest BCUT2D eigenvalue weighted by atomic mass is 16.5. The molecular formula is C14H20N2O3. The minimum atomic E-state index is -0.467. The lowest BCUT2D eigenvalue weighted by Crippen LogP contribution is -2.47. The van der Waals surface area contributed by atoms with Crippen molar-refractivity contribution in [1.29, 1.82) is 0 Å². The Labute approximate surface area is 113 Å². The van der Waals surface area contributed by atoms with Gasteiger partial charge in [0, 0.05) is 19.6 Å². The molecule has 1 aromatic rings. The molecule has 5 heteroatoms. The lowest BCUT2D eigenvalue weighted by Gasteiger charge is -2.22. The Morgan fingerprint density at radius 1 is 1.53 bits per heavy atom. The van der Waals surface area contributed by atoms with Crippen LogP contribution < -0.4 is 10.6 Å². The molecule has 0 unspecified atom stereocenters. The maximum atomic E-state index is 11.8. The molecule has 1 amide bonds. The van der Waals surface area contributed by atoms with Gasteiger partial charge in [-0.15, -0.1) is 0 Å². The summed E-state index contributed by atoms with van der Waals surface area (Å²) >= 11 is 0. The van der Waals surface area contributed by atoms with Gasteiger partial charge >= 0.3 is 0 Å². The predicted molar refractivity (Wildman–Crippen MR) is 71.5 cm³/mol. The average Bonchev–Trinajstić information content (AvgIpc) is 2.46. The number of rotatable bonds is 4. The fraction of sp³-hybridized carbons (Fsp3) is 0.500. The average molecular weight is 264 g/mol. The van der Waals surface area contributed by atoms with Crippen LogP contribution in [0.1, 0.15) is 24.2 Å². The number of carbonyl (C=O) groups is 1. The normalized spacial score (nSPS) is 20.8. The summed E-state index contributed by atoms with van der Waals surface area (Å²) in [6.07, 6.45) is -0.865. The van der Waals surface area contributed by atoms with Gasteiger partial charge in [0.15, 0.2) is 0 Å². The third kappa shape index (κ3) is 4.02. The molecule has 2 atom stereocenters. The lowest BCUT2D eigenvalue weighted by molar-refractivity contribution is -0.134. The third-order valence-corrected chi connectivity index (χ3v) is 3.15. The minimum absolute atomic E-state index is 0.0909. The van der Waals surface area contributed by atoms with Gasteiger partial charge in [0.2, 0.25) is 0 Å². The second-order valence-corrected chi connectivity index (χ2v) is 4.70. The number of benzene rings is 1. The van der Waals surface area contributed by atoms with Gasteiger partial charge in [0.25, 0.3) is 5.91 Å². The summed E-state index contributed by atoms with van der Waals surface area (Å²) in [5.74, 6) is -0.0909. The molecule has 0 saturated carbocycles. The quantitative estimate of drug-likeness (QED) is 0.733. The van der Waals surface area contributed by atoms with Gasteiger partial charge in [-0.05, 0) is 18.1 Å². The van der Waals surface area contributed by atoms with Crippen molar-refractivity contribution in [2.75, 3.05) is 19.7 Å². The van der Waals surface area contributed by atoms with Crippen molar-refractivity contribution >= 4 is 5.91 Å². The number of hydrogen-bond acceptors (Lipinski definition) is 4. The molecule has 0 radical (unpaired) electrons. The first-order valence-corrected chi connectivity index (χ1v) is 6.54. The van der Waals surface area contributed by atoms with E-state index in [1.54, 1.807) is 6.92 Å². The molecule has 104 valence electrons. The Bertz CT molecular complexity index is 411. The summed E-state index contributed by atoms with van der Waals surface area (Å²) in [4.78, 5) is 11.8. The minimum Gasteiger partial charge on any atom is -0.389 e. The Morgan fingerprint density at radius 2 is 2.26 bits per heavy atom. The summed E-state index contributed by atoms with van der Waals surface area (Å²) in [5, 5.41) is 15.4. The maximum Gasteiger partial charge on any atom is 0.250 e. The number of nitrogens with one attached hydrogen (secondary N) is 2. The number of hydrogen-bond donors (Lipinski definition) is 3. The van der Waals surface area contributed by atoms with Crippen LogP contribution in [0.4, 0.5) is 0 Å². The van der Waals surface area contributed by atoms with Gasteiger partial charge in [-0.25, -0.2) is 0 Å². The second-order valence-electron chi connectivity index (χ2n) is 4.70. The molecular weight excluding hydrogens is 244 g/mol. The van der Waals surface area contributed by atoms with Gasteiger partial charge in [-0.3, -0.25) is 4.79 Å². The summed E-state index contributed by atoms with van der Waals surface area (Å²) < 4.78 is 5.37. The zero-order valence-corrected chi connectivity index (χ0v) is 11.1. The van der Waals surface area contributed by atoms with E-state index < -0.39 is 12.2 Å². The van der Waals surface area contributed by atoms with Crippen molar-refractivity contribution in [2.24, 2.45) is 0 Å². The SMILES string of the molecule is C[C@@H](O)c1ccc(CNC(=O)[C@H]2CNCCO2)cc1. The van der Waals surface area contributed by atoms with E-state index >= 15 is 0 Å². The van der Waals surface area contributed by atoms with Crippen LogP contribution in [0, 0.1) is 0 Å². The van der Waals surface area contributed by atoms with Gasteiger partial charge < -0.3 is 20.5 Å². The smallest absolute Gasteiger partial charge is 0.250 e. The fourth-order valence-corrected chi connectivity index (χ4v) is 1.95. The first kappa shape index (κ1) is 14.0. The highest BCUT2D eigenvalue weighted by Crippen LogP contribution is 2.12. The largest absolute Gasteiger partial charge is 0.389 e. The van der Waals surface area contributed by atoms with Crippen LogP contribution in [0.2, 0.25) is 0 Å². The molecule has 2 rings (SSSR count). The highest BCUT2D eigenvalue weighted by Gasteiger charge is 2.21. The van der Waals surface area contributed by atoms with Crippen molar-refractivity contribution in [2.45, 2.75) is 25.7 Å². The van der Waals surface area contributed by atoms with Gasteiger partial charge in [-0.2, -0.15) is 0 Å². The van der Waals surface area contributed by atoms with Crippen LogP contribution in [0.25, 0.3) is 0 Å². The van der Waals surface area contributed by atoms with Crippen LogP contribution in [-0.4, -0.2) is 36.8 Å². The standard InChI is InChI=1S/C14H20N2O3/c1-10(17)12-4-2-11(3-5-12)8-16-14(18)13-9-15-6-7-19-13/h2-5,10,13,15,17H,6-9H2,1H3,(H,16,18)/t10-,13-/m1/s1. The van der Waals surface area contributed by atoms with Crippen LogP contribution in [0.3, 0.4) is 0 Å². The Hall–Kier alpha value is -1.43. The monoisotopic (exact) mass is 264 g/mol. The zero-order valence-electron chi connectivity index (χ0n) is 11.1. The molecule has 1 aliphatic rings. The topological polar surface area (TPSA) is 70.6 Å². The molecule has 0 aliphatic carbocycles. The molecule has 0 bridgehead atoms. The van der Waals surface area contributed by atoms with Gasteiger partial charge in [-0.1, -0.05) is 24.3 Å². The van der Waals surface area contributed by atoms with Crippen molar-refractivity contribution in [1.82, 2.24) is 10.6 Å². The van der Waals surface area contributed by atoms with E-state index in [0.29, 0.717) is 19.7 Å². The van der Waals surface area contributed by atoms with Crippen LogP contribution in [0.5, 0.6) is 0 Å². The molecule has 0 spiro atoms.